The van der Waals surface area contributed by atoms with E-state index in [-0.39, 0.29) is 0 Å². The van der Waals surface area contributed by atoms with Crippen molar-refractivity contribution in [2.24, 2.45) is 11.3 Å². The Labute approximate surface area is 112 Å². The van der Waals surface area contributed by atoms with Crippen LogP contribution in [0.4, 0.5) is 0 Å². The van der Waals surface area contributed by atoms with E-state index < -0.39 is 11.4 Å². The maximum absolute atomic E-state index is 11.0. The van der Waals surface area contributed by atoms with Crippen LogP contribution in [0, 0.1) is 11.3 Å². The number of carboxylic acids is 1. The van der Waals surface area contributed by atoms with Crippen molar-refractivity contribution in [3.63, 3.8) is 0 Å². The number of carboxylic acid groups (broad SMARTS) is 1. The van der Waals surface area contributed by atoms with Gasteiger partial charge in [-0.25, -0.2) is 0 Å². The summed E-state index contributed by atoms with van der Waals surface area (Å²) in [6, 6.07) is 0. The summed E-state index contributed by atoms with van der Waals surface area (Å²) in [5.74, 6) is 0.231. The second kappa shape index (κ2) is 7.13. The van der Waals surface area contributed by atoms with E-state index in [0.29, 0.717) is 0 Å². The molecule has 18 heavy (non-hydrogen) atoms. The highest BCUT2D eigenvalue weighted by Crippen LogP contribution is 2.24. The van der Waals surface area contributed by atoms with Crippen molar-refractivity contribution in [3.05, 3.63) is 0 Å². The molecule has 0 aliphatic carbocycles. The third-order valence-corrected chi connectivity index (χ3v) is 4.37. The monoisotopic (exact) mass is 255 g/mol. The molecular weight excluding hydrogens is 226 g/mol. The largest absolute Gasteiger partial charge is 0.481 e. The van der Waals surface area contributed by atoms with Crippen molar-refractivity contribution in [3.8, 4) is 0 Å². The third-order valence-electron chi connectivity index (χ3n) is 4.37. The van der Waals surface area contributed by atoms with E-state index in [0.717, 1.165) is 25.3 Å². The summed E-state index contributed by atoms with van der Waals surface area (Å²) >= 11 is 0. The summed E-state index contributed by atoms with van der Waals surface area (Å²) in [5, 5.41) is 9.08. The molecule has 1 unspecified atom stereocenters. The number of likely N-dealkylation sites (tertiary alicyclic amines) is 1. The van der Waals surface area contributed by atoms with Crippen LogP contribution in [0.2, 0.25) is 0 Å². The Morgan fingerprint density at radius 3 is 2.67 bits per heavy atom. The fourth-order valence-corrected chi connectivity index (χ4v) is 2.71. The van der Waals surface area contributed by atoms with E-state index in [1.165, 1.54) is 38.8 Å². The molecule has 1 saturated heterocycles. The zero-order chi connectivity index (χ0) is 13.6. The minimum absolute atomic E-state index is 0.572. The molecule has 106 valence electrons. The van der Waals surface area contributed by atoms with E-state index in [1.807, 2.05) is 13.8 Å². The zero-order valence-electron chi connectivity index (χ0n) is 12.2. The Bertz CT molecular complexity index is 263. The Morgan fingerprint density at radius 1 is 1.33 bits per heavy atom. The van der Waals surface area contributed by atoms with Crippen LogP contribution in [-0.4, -0.2) is 35.6 Å². The Hall–Kier alpha value is -0.570. The fourth-order valence-electron chi connectivity index (χ4n) is 2.71. The first-order valence-electron chi connectivity index (χ1n) is 7.41. The predicted molar refractivity (Wildman–Crippen MR) is 74.7 cm³/mol. The van der Waals surface area contributed by atoms with E-state index in [9.17, 15) is 4.79 Å². The molecule has 0 radical (unpaired) electrons. The number of aliphatic carboxylic acids is 1. The lowest BCUT2D eigenvalue weighted by molar-refractivity contribution is -0.147. The summed E-state index contributed by atoms with van der Waals surface area (Å²) in [4.78, 5) is 13.5. The molecule has 1 N–H and O–H groups in total. The molecule has 0 saturated carbocycles. The zero-order valence-corrected chi connectivity index (χ0v) is 12.2. The van der Waals surface area contributed by atoms with Crippen LogP contribution in [0.5, 0.6) is 0 Å². The first-order chi connectivity index (χ1) is 8.45. The normalized spacial score (nSPS) is 22.7. The van der Waals surface area contributed by atoms with Crippen molar-refractivity contribution in [2.75, 3.05) is 19.6 Å². The van der Waals surface area contributed by atoms with Crippen LogP contribution < -0.4 is 0 Å². The molecule has 1 aliphatic rings. The molecule has 3 heteroatoms. The second-order valence-electron chi connectivity index (χ2n) is 6.34. The van der Waals surface area contributed by atoms with Gasteiger partial charge < -0.3 is 10.0 Å². The Balaban J connectivity index is 2.25. The van der Waals surface area contributed by atoms with Gasteiger partial charge in [-0.1, -0.05) is 13.3 Å². The molecule has 0 aromatic rings. The van der Waals surface area contributed by atoms with Gasteiger partial charge in [0.1, 0.15) is 0 Å². The maximum Gasteiger partial charge on any atom is 0.309 e. The van der Waals surface area contributed by atoms with Crippen LogP contribution >= 0.6 is 0 Å². The lowest BCUT2D eigenvalue weighted by Crippen LogP contribution is -2.29. The van der Waals surface area contributed by atoms with Crippen molar-refractivity contribution < 1.29 is 9.90 Å². The van der Waals surface area contributed by atoms with Gasteiger partial charge in [-0.15, -0.1) is 0 Å². The Kier molecular flexibility index (Phi) is 6.13. The molecule has 0 bridgehead atoms. The molecular formula is C15H29NO2. The minimum Gasteiger partial charge on any atom is -0.481 e. The lowest BCUT2D eigenvalue weighted by atomic mass is 9.88. The van der Waals surface area contributed by atoms with Crippen LogP contribution in [0.25, 0.3) is 0 Å². The predicted octanol–water partition coefficient (Wildman–Crippen LogP) is 3.39. The van der Waals surface area contributed by atoms with Crippen LogP contribution in [-0.2, 0) is 4.79 Å². The molecule has 0 spiro atoms. The van der Waals surface area contributed by atoms with E-state index in [2.05, 4.69) is 11.8 Å². The average molecular weight is 255 g/mol. The summed E-state index contributed by atoms with van der Waals surface area (Å²) in [6.07, 6.45) is 7.07. The van der Waals surface area contributed by atoms with E-state index >= 15 is 0 Å². The first-order valence-corrected chi connectivity index (χ1v) is 7.41. The van der Waals surface area contributed by atoms with Gasteiger partial charge in [-0.2, -0.15) is 0 Å². The van der Waals surface area contributed by atoms with Gasteiger partial charge in [0.2, 0.25) is 0 Å². The number of rotatable bonds is 6. The highest BCUT2D eigenvalue weighted by atomic mass is 16.4. The van der Waals surface area contributed by atoms with Gasteiger partial charge in [-0.3, -0.25) is 4.79 Å². The Morgan fingerprint density at radius 2 is 2.06 bits per heavy atom. The van der Waals surface area contributed by atoms with Gasteiger partial charge in [0.05, 0.1) is 5.41 Å². The molecule has 0 amide bonds. The van der Waals surface area contributed by atoms with Gasteiger partial charge in [0, 0.05) is 0 Å². The van der Waals surface area contributed by atoms with E-state index in [1.54, 1.807) is 0 Å². The molecule has 0 aromatic heterocycles. The van der Waals surface area contributed by atoms with Crippen LogP contribution in [0.1, 0.15) is 59.3 Å². The first kappa shape index (κ1) is 15.5. The van der Waals surface area contributed by atoms with Gasteiger partial charge in [0.15, 0.2) is 0 Å². The molecule has 1 heterocycles. The molecule has 0 aromatic carbocycles. The molecule has 1 fully saturated rings. The molecule has 1 aliphatic heterocycles. The van der Waals surface area contributed by atoms with Gasteiger partial charge in [0.25, 0.3) is 0 Å². The van der Waals surface area contributed by atoms with Crippen molar-refractivity contribution in [1.82, 2.24) is 4.90 Å². The van der Waals surface area contributed by atoms with E-state index in [4.69, 9.17) is 5.11 Å². The van der Waals surface area contributed by atoms with Crippen LogP contribution in [0.3, 0.4) is 0 Å². The van der Waals surface area contributed by atoms with Crippen molar-refractivity contribution in [2.45, 2.75) is 59.3 Å². The quantitative estimate of drug-likeness (QED) is 0.791. The topological polar surface area (TPSA) is 40.5 Å². The molecule has 1 rings (SSSR count). The number of carbonyl (C=O) groups is 1. The van der Waals surface area contributed by atoms with Gasteiger partial charge >= 0.3 is 5.97 Å². The van der Waals surface area contributed by atoms with Crippen LogP contribution in [0.15, 0.2) is 0 Å². The summed E-state index contributed by atoms with van der Waals surface area (Å²) in [6.45, 7) is 9.40. The number of hydrogen-bond donors (Lipinski definition) is 1. The highest BCUT2D eigenvalue weighted by Gasteiger charge is 2.26. The van der Waals surface area contributed by atoms with Crippen molar-refractivity contribution in [1.29, 1.82) is 0 Å². The maximum atomic E-state index is 11.0. The third kappa shape index (κ3) is 4.97. The smallest absolute Gasteiger partial charge is 0.309 e. The number of nitrogens with zero attached hydrogens (tertiary/aromatic N) is 1. The molecule has 3 nitrogen and oxygen atoms in total. The SMILES string of the molecule is CCC1CCCN(CCCC(C)(C)C(=O)O)CC1. The van der Waals surface area contributed by atoms with Gasteiger partial charge in [-0.05, 0) is 71.5 Å². The summed E-state index contributed by atoms with van der Waals surface area (Å²) < 4.78 is 0. The fraction of sp³-hybridized carbons (Fsp3) is 0.933. The lowest BCUT2D eigenvalue weighted by Gasteiger charge is -2.23. The number of hydrogen-bond acceptors (Lipinski definition) is 2. The minimum atomic E-state index is -0.676. The highest BCUT2D eigenvalue weighted by molar-refractivity contribution is 5.73. The van der Waals surface area contributed by atoms with Crippen molar-refractivity contribution >= 4 is 5.97 Å². The summed E-state index contributed by atoms with van der Waals surface area (Å²) in [5.41, 5.74) is -0.572. The average Bonchev–Trinajstić information content (AvgIpc) is 2.54. The summed E-state index contributed by atoms with van der Waals surface area (Å²) in [7, 11) is 0. The molecule has 1 atom stereocenters. The standard InChI is InChI=1S/C15H29NO2/c1-4-13-7-5-10-16(12-8-13)11-6-9-15(2,3)14(17)18/h13H,4-12H2,1-3H3,(H,17,18). The second-order valence-corrected chi connectivity index (χ2v) is 6.34.